The van der Waals surface area contributed by atoms with E-state index in [2.05, 4.69) is 0 Å². The van der Waals surface area contributed by atoms with Crippen LogP contribution in [0.2, 0.25) is 0 Å². The average molecular weight is 518 g/mol. The number of aliphatic hydroxyl groups excluding tert-OH is 1. The van der Waals surface area contributed by atoms with E-state index in [1.54, 1.807) is 31.3 Å². The minimum Gasteiger partial charge on any atom is -0.497 e. The molecule has 184 valence electrons. The Kier molecular flexibility index (Phi) is 6.92. The SMILES string of the molecule is COc1ccc(S(=O)(=O)N2Cc3cc(C(=O)N(C)c4ccccc4)sc3[C@H](O)[C@H]2C(=O)NO)cc1. The third-order valence-electron chi connectivity index (χ3n) is 5.75. The normalized spacial score (nSPS) is 17.9. The second-order valence-corrected chi connectivity index (χ2v) is 10.8. The number of amides is 2. The van der Waals surface area contributed by atoms with Gasteiger partial charge in [-0.25, -0.2) is 13.9 Å². The number of nitrogens with one attached hydrogen (secondary N) is 1. The van der Waals surface area contributed by atoms with Crippen LogP contribution in [-0.4, -0.2) is 55.1 Å². The topological polar surface area (TPSA) is 136 Å². The van der Waals surface area contributed by atoms with Gasteiger partial charge in [-0.2, -0.15) is 4.31 Å². The predicted octanol–water partition coefficient (Wildman–Crippen LogP) is 2.15. The highest BCUT2D eigenvalue weighted by Crippen LogP contribution is 2.40. The lowest BCUT2D eigenvalue weighted by Crippen LogP contribution is -2.53. The highest BCUT2D eigenvalue weighted by atomic mass is 32.2. The molecule has 10 nitrogen and oxygen atoms in total. The standard InChI is InChI=1S/C23H23N3O7S2/c1-25(15-6-4-3-5-7-15)23(29)18-12-14-13-26(19(22(28)24-30)20(27)21(14)34-18)35(31,32)17-10-8-16(33-2)9-11-17/h3-12,19-20,27,30H,13H2,1-2H3,(H,24,28)/t19-,20+/m0/s1. The molecule has 2 atom stereocenters. The Bertz CT molecular complexity index is 1340. The highest BCUT2D eigenvalue weighted by Gasteiger charge is 2.46. The molecular formula is C23H23N3O7S2. The van der Waals surface area contributed by atoms with Crippen molar-refractivity contribution in [2.24, 2.45) is 0 Å². The lowest BCUT2D eigenvalue weighted by atomic mass is 10.0. The Hall–Kier alpha value is -3.29. The van der Waals surface area contributed by atoms with E-state index in [4.69, 9.17) is 4.74 Å². The van der Waals surface area contributed by atoms with E-state index < -0.39 is 28.1 Å². The molecule has 1 aromatic heterocycles. The van der Waals surface area contributed by atoms with Gasteiger partial charge in [0.2, 0.25) is 10.0 Å². The zero-order chi connectivity index (χ0) is 25.3. The molecule has 0 saturated heterocycles. The number of methoxy groups -OCH3 is 1. The molecule has 1 aliphatic rings. The molecule has 0 aliphatic carbocycles. The van der Waals surface area contributed by atoms with Crippen LogP contribution in [0.1, 0.15) is 26.2 Å². The Labute approximate surface area is 206 Å². The number of benzene rings is 2. The molecule has 2 aromatic carbocycles. The Morgan fingerprint density at radius 1 is 1.14 bits per heavy atom. The van der Waals surface area contributed by atoms with Crippen molar-refractivity contribution in [1.29, 1.82) is 0 Å². The van der Waals surface area contributed by atoms with Gasteiger partial charge in [-0.3, -0.25) is 14.8 Å². The maximum absolute atomic E-state index is 13.4. The molecule has 4 rings (SSSR count). The fourth-order valence-corrected chi connectivity index (χ4v) is 6.62. The smallest absolute Gasteiger partial charge is 0.268 e. The number of sulfonamides is 1. The summed E-state index contributed by atoms with van der Waals surface area (Å²) in [6, 6.07) is 14.4. The third kappa shape index (κ3) is 4.54. The van der Waals surface area contributed by atoms with Crippen LogP contribution in [0.3, 0.4) is 0 Å². The summed E-state index contributed by atoms with van der Waals surface area (Å²) in [5, 5.41) is 20.3. The van der Waals surface area contributed by atoms with Gasteiger partial charge in [0.1, 0.15) is 17.9 Å². The third-order valence-corrected chi connectivity index (χ3v) is 8.83. The molecule has 2 amide bonds. The summed E-state index contributed by atoms with van der Waals surface area (Å²) >= 11 is 0.979. The van der Waals surface area contributed by atoms with Crippen molar-refractivity contribution in [3.8, 4) is 5.75 Å². The van der Waals surface area contributed by atoms with Gasteiger partial charge in [-0.05, 0) is 48.0 Å². The summed E-state index contributed by atoms with van der Waals surface area (Å²) in [4.78, 5) is 27.5. The molecule has 0 fully saturated rings. The van der Waals surface area contributed by atoms with Gasteiger partial charge >= 0.3 is 0 Å². The number of hydroxylamine groups is 1. The monoisotopic (exact) mass is 517 g/mol. The zero-order valence-electron chi connectivity index (χ0n) is 18.8. The van der Waals surface area contributed by atoms with Gasteiger partial charge in [0.25, 0.3) is 11.8 Å². The minimum atomic E-state index is -4.28. The maximum atomic E-state index is 13.4. The average Bonchev–Trinajstić information content (AvgIpc) is 3.32. The van der Waals surface area contributed by atoms with Crippen molar-refractivity contribution in [3.63, 3.8) is 0 Å². The molecular weight excluding hydrogens is 494 g/mol. The maximum Gasteiger partial charge on any atom is 0.268 e. The number of para-hydroxylation sites is 1. The molecule has 0 bridgehead atoms. The number of nitrogens with zero attached hydrogens (tertiary/aromatic N) is 2. The second-order valence-electron chi connectivity index (χ2n) is 7.79. The van der Waals surface area contributed by atoms with Crippen molar-refractivity contribution < 1.29 is 33.1 Å². The van der Waals surface area contributed by atoms with Crippen LogP contribution in [0.25, 0.3) is 0 Å². The summed E-state index contributed by atoms with van der Waals surface area (Å²) in [5.74, 6) is -1.00. The quantitative estimate of drug-likeness (QED) is 0.337. The van der Waals surface area contributed by atoms with Crippen LogP contribution >= 0.6 is 11.3 Å². The first-order valence-corrected chi connectivity index (χ1v) is 12.7. The van der Waals surface area contributed by atoms with Crippen LogP contribution < -0.4 is 15.1 Å². The van der Waals surface area contributed by atoms with Crippen LogP contribution in [0.5, 0.6) is 5.75 Å². The molecule has 2 heterocycles. The first-order chi connectivity index (χ1) is 16.7. The molecule has 0 unspecified atom stereocenters. The first-order valence-electron chi connectivity index (χ1n) is 10.4. The summed E-state index contributed by atoms with van der Waals surface area (Å²) in [7, 11) is -1.23. The molecule has 0 saturated carbocycles. The molecule has 0 radical (unpaired) electrons. The number of thiophene rings is 1. The van der Waals surface area contributed by atoms with E-state index in [1.807, 2.05) is 6.07 Å². The van der Waals surface area contributed by atoms with Crippen molar-refractivity contribution in [3.05, 3.63) is 76.0 Å². The van der Waals surface area contributed by atoms with E-state index >= 15 is 0 Å². The number of carbonyl (C=O) groups is 2. The van der Waals surface area contributed by atoms with Crippen LogP contribution in [-0.2, 0) is 21.4 Å². The second kappa shape index (κ2) is 9.76. The Morgan fingerprint density at radius 3 is 2.40 bits per heavy atom. The number of carbonyl (C=O) groups excluding carboxylic acids is 2. The number of aliphatic hydroxyl groups is 1. The lowest BCUT2D eigenvalue weighted by molar-refractivity contribution is -0.137. The van der Waals surface area contributed by atoms with Crippen molar-refractivity contribution in [1.82, 2.24) is 9.79 Å². The first kappa shape index (κ1) is 24.8. The summed E-state index contributed by atoms with van der Waals surface area (Å²) in [5.41, 5.74) is 2.49. The number of hydrogen-bond acceptors (Lipinski definition) is 8. The van der Waals surface area contributed by atoms with E-state index in [0.717, 1.165) is 15.6 Å². The van der Waals surface area contributed by atoms with Gasteiger partial charge in [0, 0.05) is 24.2 Å². The fraction of sp³-hybridized carbons (Fsp3) is 0.217. The molecule has 1 aliphatic heterocycles. The van der Waals surface area contributed by atoms with Gasteiger partial charge in [-0.1, -0.05) is 18.2 Å². The van der Waals surface area contributed by atoms with Crippen LogP contribution in [0, 0.1) is 0 Å². The summed E-state index contributed by atoms with van der Waals surface area (Å²) < 4.78 is 32.8. The van der Waals surface area contributed by atoms with E-state index in [0.29, 0.717) is 17.0 Å². The lowest BCUT2D eigenvalue weighted by Gasteiger charge is -2.36. The van der Waals surface area contributed by atoms with Crippen LogP contribution in [0.15, 0.2) is 65.6 Å². The molecule has 3 N–H and O–H groups in total. The predicted molar refractivity (Wildman–Crippen MR) is 128 cm³/mol. The largest absolute Gasteiger partial charge is 0.497 e. The fourth-order valence-electron chi connectivity index (χ4n) is 3.88. The van der Waals surface area contributed by atoms with Crippen molar-refractivity contribution in [2.75, 3.05) is 19.1 Å². The Balaban J connectivity index is 1.72. The van der Waals surface area contributed by atoms with Gasteiger partial charge in [-0.15, -0.1) is 11.3 Å². The van der Waals surface area contributed by atoms with Gasteiger partial charge < -0.3 is 14.7 Å². The van der Waals surface area contributed by atoms with Crippen LogP contribution in [0.4, 0.5) is 5.69 Å². The number of hydrogen-bond donors (Lipinski definition) is 3. The number of ether oxygens (including phenoxy) is 1. The summed E-state index contributed by atoms with van der Waals surface area (Å²) in [6.45, 7) is -0.280. The van der Waals surface area contributed by atoms with Crippen molar-refractivity contribution in [2.45, 2.75) is 23.6 Å². The molecule has 12 heteroatoms. The highest BCUT2D eigenvalue weighted by molar-refractivity contribution is 7.89. The Morgan fingerprint density at radius 2 is 1.80 bits per heavy atom. The molecule has 0 spiro atoms. The van der Waals surface area contributed by atoms with E-state index in [1.165, 1.54) is 47.8 Å². The molecule has 35 heavy (non-hydrogen) atoms. The van der Waals surface area contributed by atoms with Crippen molar-refractivity contribution >= 4 is 38.9 Å². The number of rotatable bonds is 6. The zero-order valence-corrected chi connectivity index (χ0v) is 20.4. The van der Waals surface area contributed by atoms with E-state index in [9.17, 15) is 28.3 Å². The minimum absolute atomic E-state index is 0.125. The van der Waals surface area contributed by atoms with Gasteiger partial charge in [0.05, 0.1) is 16.9 Å². The summed E-state index contributed by atoms with van der Waals surface area (Å²) in [6.07, 6.45) is -1.60. The number of fused-ring (bicyclic) bond motifs is 1. The number of anilines is 1. The van der Waals surface area contributed by atoms with Gasteiger partial charge in [0.15, 0.2) is 0 Å². The molecule has 3 aromatic rings. The van der Waals surface area contributed by atoms with E-state index in [-0.39, 0.29) is 27.1 Å².